The summed E-state index contributed by atoms with van der Waals surface area (Å²) in [5.41, 5.74) is 3.53. The highest BCUT2D eigenvalue weighted by atomic mass is 79.9. The van der Waals surface area contributed by atoms with E-state index in [0.717, 1.165) is 22.1 Å². The number of rotatable bonds is 6. The molecule has 172 valence electrons. The van der Waals surface area contributed by atoms with Crippen molar-refractivity contribution in [3.63, 3.8) is 0 Å². The minimum absolute atomic E-state index is 0.0920. The molecule has 1 amide bonds. The van der Waals surface area contributed by atoms with Crippen molar-refractivity contribution in [3.8, 4) is 0 Å². The molecule has 1 aliphatic rings. The summed E-state index contributed by atoms with van der Waals surface area (Å²) in [4.78, 5) is 34.6. The number of pyridine rings is 1. The van der Waals surface area contributed by atoms with Crippen molar-refractivity contribution in [2.24, 2.45) is 0 Å². The summed E-state index contributed by atoms with van der Waals surface area (Å²) in [5, 5.41) is 11.5. The molecule has 0 radical (unpaired) electrons. The molecule has 0 bridgehead atoms. The second-order valence-corrected chi connectivity index (χ2v) is 9.55. The number of carbonyl (C=O) groups excluding carboxylic acids is 2. The Morgan fingerprint density at radius 3 is 2.64 bits per heavy atom. The molecule has 8 heteroatoms. The maximum absolute atomic E-state index is 13.3. The van der Waals surface area contributed by atoms with Crippen LogP contribution in [0.15, 0.2) is 52.6 Å². The van der Waals surface area contributed by atoms with Crippen LogP contribution in [0.3, 0.4) is 0 Å². The number of fused-ring (bicyclic) bond motifs is 1. The zero-order valence-electron chi connectivity index (χ0n) is 19.2. The summed E-state index contributed by atoms with van der Waals surface area (Å²) in [6, 6.07) is 10.6. The first-order valence-electron chi connectivity index (χ1n) is 10.8. The number of aryl methyl sites for hydroxylation is 2. The Labute approximate surface area is 201 Å². The van der Waals surface area contributed by atoms with E-state index in [2.05, 4.69) is 20.9 Å². The van der Waals surface area contributed by atoms with Gasteiger partial charge in [0.05, 0.1) is 17.3 Å². The molecule has 4 rings (SSSR count). The van der Waals surface area contributed by atoms with Crippen molar-refractivity contribution < 1.29 is 14.7 Å². The number of aliphatic hydroxyl groups excluding tert-OH is 1. The Balaban J connectivity index is 1.90. The first-order valence-corrected chi connectivity index (χ1v) is 11.6. The zero-order valence-corrected chi connectivity index (χ0v) is 20.8. The molecule has 0 spiro atoms. The molecule has 1 fully saturated rings. The first-order chi connectivity index (χ1) is 15.7. The van der Waals surface area contributed by atoms with E-state index in [4.69, 9.17) is 0 Å². The molecule has 1 saturated heterocycles. The lowest BCUT2D eigenvalue weighted by Crippen LogP contribution is -2.32. The van der Waals surface area contributed by atoms with E-state index in [9.17, 15) is 14.7 Å². The van der Waals surface area contributed by atoms with E-state index in [-0.39, 0.29) is 11.3 Å². The maximum Gasteiger partial charge on any atom is 0.295 e. The number of carbonyl (C=O) groups is 2. The van der Waals surface area contributed by atoms with Crippen molar-refractivity contribution in [1.29, 1.82) is 0 Å². The van der Waals surface area contributed by atoms with E-state index in [1.165, 1.54) is 0 Å². The van der Waals surface area contributed by atoms with Gasteiger partial charge in [-0.25, -0.2) is 4.98 Å². The quantitative estimate of drug-likeness (QED) is 0.307. The van der Waals surface area contributed by atoms with Gasteiger partial charge in [0.1, 0.15) is 11.3 Å². The Kier molecular flexibility index (Phi) is 6.41. The molecule has 1 aliphatic heterocycles. The van der Waals surface area contributed by atoms with Crippen LogP contribution in [0.2, 0.25) is 0 Å². The lowest BCUT2D eigenvalue weighted by atomic mass is 9.96. The number of hydrogen-bond acceptors (Lipinski definition) is 5. The monoisotopic (exact) mass is 510 g/mol. The predicted molar refractivity (Wildman–Crippen MR) is 131 cm³/mol. The summed E-state index contributed by atoms with van der Waals surface area (Å²) in [6.45, 7) is 4.92. The molecule has 1 aromatic carbocycles. The van der Waals surface area contributed by atoms with E-state index < -0.39 is 17.7 Å². The van der Waals surface area contributed by atoms with Crippen LogP contribution < -0.4 is 0 Å². The molecule has 1 atom stereocenters. The molecule has 3 heterocycles. The average molecular weight is 511 g/mol. The number of benzene rings is 1. The minimum Gasteiger partial charge on any atom is -0.505 e. The van der Waals surface area contributed by atoms with Gasteiger partial charge in [0, 0.05) is 17.2 Å². The summed E-state index contributed by atoms with van der Waals surface area (Å²) >= 11 is 3.49. The van der Waals surface area contributed by atoms with Crippen LogP contribution in [0.1, 0.15) is 35.0 Å². The second kappa shape index (κ2) is 9.11. The van der Waals surface area contributed by atoms with Crippen LogP contribution >= 0.6 is 15.9 Å². The number of imidazole rings is 1. The SMILES string of the molecule is Cc1nc2c(C)cccn2c1C(O)=C1C(=O)C(=O)N(CCCN(C)C)[C@@H]1c1cccc(Br)c1. The predicted octanol–water partition coefficient (Wildman–Crippen LogP) is 4.09. The molecular weight excluding hydrogens is 484 g/mol. The molecule has 1 N–H and O–H groups in total. The number of halogens is 1. The smallest absolute Gasteiger partial charge is 0.295 e. The molecule has 0 aliphatic carbocycles. The molecule has 2 aromatic heterocycles. The summed E-state index contributed by atoms with van der Waals surface area (Å²) in [5.74, 6) is -1.48. The Hall–Kier alpha value is -2.97. The van der Waals surface area contributed by atoms with E-state index in [1.807, 2.05) is 62.3 Å². The molecule has 3 aromatic rings. The number of ketones is 1. The number of amides is 1. The van der Waals surface area contributed by atoms with E-state index in [0.29, 0.717) is 30.0 Å². The fraction of sp³-hybridized carbons (Fsp3) is 0.320. The number of aliphatic hydroxyl groups is 1. The van der Waals surface area contributed by atoms with Gasteiger partial charge in [-0.2, -0.15) is 0 Å². The number of aromatic nitrogens is 2. The van der Waals surface area contributed by atoms with Gasteiger partial charge < -0.3 is 14.9 Å². The van der Waals surface area contributed by atoms with Crippen molar-refractivity contribution in [3.05, 3.63) is 75.2 Å². The zero-order chi connectivity index (χ0) is 23.9. The van der Waals surface area contributed by atoms with E-state index >= 15 is 0 Å². The van der Waals surface area contributed by atoms with Crippen LogP contribution in [0.4, 0.5) is 0 Å². The van der Waals surface area contributed by atoms with Crippen LogP contribution in [0.25, 0.3) is 11.4 Å². The van der Waals surface area contributed by atoms with E-state index in [1.54, 1.807) is 22.4 Å². The lowest BCUT2D eigenvalue weighted by Gasteiger charge is -2.26. The van der Waals surface area contributed by atoms with Crippen molar-refractivity contribution in [2.45, 2.75) is 26.3 Å². The molecule has 7 nitrogen and oxygen atoms in total. The Bertz CT molecular complexity index is 1280. The van der Waals surface area contributed by atoms with Crippen molar-refractivity contribution in [2.75, 3.05) is 27.2 Å². The Morgan fingerprint density at radius 2 is 1.94 bits per heavy atom. The minimum atomic E-state index is -0.681. The van der Waals surface area contributed by atoms with Gasteiger partial charge in [0.25, 0.3) is 11.7 Å². The standard InChI is InChI=1S/C25H27BrN4O3/c1-15-8-6-12-29-20(16(2)27-24(15)29)22(31)19-21(17-9-5-10-18(26)14-17)30(25(33)23(19)32)13-7-11-28(3)4/h5-6,8-10,12,14,21,31H,7,11,13H2,1-4H3/t21-/m1/s1. The van der Waals surface area contributed by atoms with Gasteiger partial charge in [-0.05, 0) is 70.2 Å². The number of nitrogens with zero attached hydrogens (tertiary/aromatic N) is 4. The molecular formula is C25H27BrN4O3. The summed E-state index contributed by atoms with van der Waals surface area (Å²) < 4.78 is 2.61. The van der Waals surface area contributed by atoms with Gasteiger partial charge in [-0.3, -0.25) is 14.0 Å². The van der Waals surface area contributed by atoms with Crippen molar-refractivity contribution >= 4 is 39.0 Å². The highest BCUT2D eigenvalue weighted by molar-refractivity contribution is 9.10. The normalized spacial score (nSPS) is 18.1. The fourth-order valence-electron chi connectivity index (χ4n) is 4.42. The molecule has 33 heavy (non-hydrogen) atoms. The van der Waals surface area contributed by atoms with Crippen LogP contribution in [-0.4, -0.2) is 63.2 Å². The second-order valence-electron chi connectivity index (χ2n) is 8.63. The topological polar surface area (TPSA) is 78.1 Å². The third-order valence-electron chi connectivity index (χ3n) is 5.95. The summed E-state index contributed by atoms with van der Waals surface area (Å²) in [6.07, 6.45) is 2.51. The lowest BCUT2D eigenvalue weighted by molar-refractivity contribution is -0.139. The fourth-order valence-corrected chi connectivity index (χ4v) is 4.84. The Morgan fingerprint density at radius 1 is 1.18 bits per heavy atom. The van der Waals surface area contributed by atoms with Crippen LogP contribution in [-0.2, 0) is 9.59 Å². The van der Waals surface area contributed by atoms with Gasteiger partial charge in [0.15, 0.2) is 5.76 Å². The molecule has 0 saturated carbocycles. The number of likely N-dealkylation sites (tertiary alicyclic amines) is 1. The van der Waals surface area contributed by atoms with Gasteiger partial charge in [-0.1, -0.05) is 34.1 Å². The van der Waals surface area contributed by atoms with Gasteiger partial charge in [0.2, 0.25) is 0 Å². The third-order valence-corrected chi connectivity index (χ3v) is 6.45. The number of hydrogen-bond donors (Lipinski definition) is 1. The highest BCUT2D eigenvalue weighted by Crippen LogP contribution is 2.40. The summed E-state index contributed by atoms with van der Waals surface area (Å²) in [7, 11) is 3.94. The average Bonchev–Trinajstić information content (AvgIpc) is 3.23. The van der Waals surface area contributed by atoms with Crippen LogP contribution in [0, 0.1) is 13.8 Å². The van der Waals surface area contributed by atoms with Gasteiger partial charge in [-0.15, -0.1) is 0 Å². The van der Waals surface area contributed by atoms with Crippen molar-refractivity contribution in [1.82, 2.24) is 19.2 Å². The van der Waals surface area contributed by atoms with Gasteiger partial charge >= 0.3 is 0 Å². The molecule has 0 unspecified atom stereocenters. The highest BCUT2D eigenvalue weighted by Gasteiger charge is 2.46. The van der Waals surface area contributed by atoms with Crippen LogP contribution in [0.5, 0.6) is 0 Å². The largest absolute Gasteiger partial charge is 0.505 e. The maximum atomic E-state index is 13.3. The number of Topliss-reactive ketones (excluding diaryl/α,β-unsaturated/α-hetero) is 1. The first kappa shape index (κ1) is 23.2. The third kappa shape index (κ3) is 4.20.